The largest absolute Gasteiger partial charge is 0.363 e. The van der Waals surface area contributed by atoms with Crippen LogP contribution in [0.2, 0.25) is 5.02 Å². The van der Waals surface area contributed by atoms with Crippen LogP contribution in [0, 0.1) is 10.1 Å². The SMILES string of the molecule is CCN1c2cc(Cl)c(/C=C/[N+](=O)[O-])cc2C(C)=CC1(C)C. The number of hydrogen-bond donors (Lipinski definition) is 0. The molecule has 112 valence electrons. The van der Waals surface area contributed by atoms with E-state index in [-0.39, 0.29) is 5.54 Å². The van der Waals surface area contributed by atoms with Crippen molar-refractivity contribution in [1.29, 1.82) is 0 Å². The van der Waals surface area contributed by atoms with Crippen LogP contribution in [0.4, 0.5) is 5.69 Å². The van der Waals surface area contributed by atoms with Crippen molar-refractivity contribution in [3.8, 4) is 0 Å². The van der Waals surface area contributed by atoms with Crippen molar-refractivity contribution >= 4 is 28.9 Å². The Morgan fingerprint density at radius 1 is 1.43 bits per heavy atom. The van der Waals surface area contributed by atoms with Crippen molar-refractivity contribution in [2.45, 2.75) is 33.2 Å². The third-order valence-corrected chi connectivity index (χ3v) is 4.12. The fourth-order valence-corrected chi connectivity index (χ4v) is 3.18. The van der Waals surface area contributed by atoms with E-state index in [4.69, 9.17) is 11.6 Å². The van der Waals surface area contributed by atoms with Gasteiger partial charge in [-0.25, -0.2) is 0 Å². The Kier molecular flexibility index (Phi) is 4.10. The normalized spacial score (nSPS) is 16.8. The summed E-state index contributed by atoms with van der Waals surface area (Å²) in [4.78, 5) is 12.3. The Morgan fingerprint density at radius 2 is 2.10 bits per heavy atom. The minimum atomic E-state index is -0.486. The Bertz CT molecular complexity index is 648. The lowest BCUT2D eigenvalue weighted by atomic mass is 9.88. The zero-order chi connectivity index (χ0) is 15.8. The van der Waals surface area contributed by atoms with Crippen LogP contribution < -0.4 is 4.90 Å². The molecule has 21 heavy (non-hydrogen) atoms. The van der Waals surface area contributed by atoms with E-state index in [9.17, 15) is 10.1 Å². The van der Waals surface area contributed by atoms with Gasteiger partial charge in [0.15, 0.2) is 0 Å². The van der Waals surface area contributed by atoms with Crippen molar-refractivity contribution < 1.29 is 4.92 Å². The molecule has 1 heterocycles. The van der Waals surface area contributed by atoms with E-state index in [2.05, 4.69) is 38.7 Å². The number of benzene rings is 1. The summed E-state index contributed by atoms with van der Waals surface area (Å²) < 4.78 is 0. The highest BCUT2D eigenvalue weighted by Gasteiger charge is 2.30. The second-order valence-corrected chi connectivity index (χ2v) is 6.12. The van der Waals surface area contributed by atoms with E-state index in [1.54, 1.807) is 0 Å². The van der Waals surface area contributed by atoms with Gasteiger partial charge in [-0.2, -0.15) is 0 Å². The van der Waals surface area contributed by atoms with Gasteiger partial charge in [-0.05, 0) is 51.0 Å². The van der Waals surface area contributed by atoms with E-state index in [0.717, 1.165) is 29.6 Å². The van der Waals surface area contributed by atoms with E-state index in [0.29, 0.717) is 10.6 Å². The van der Waals surface area contributed by atoms with E-state index < -0.39 is 4.92 Å². The molecule has 0 aromatic heterocycles. The number of rotatable bonds is 3. The summed E-state index contributed by atoms with van der Waals surface area (Å²) >= 11 is 6.29. The molecule has 1 aliphatic rings. The Balaban J connectivity index is 2.59. The monoisotopic (exact) mass is 306 g/mol. The summed E-state index contributed by atoms with van der Waals surface area (Å²) in [7, 11) is 0. The summed E-state index contributed by atoms with van der Waals surface area (Å²) in [5.41, 5.74) is 3.89. The molecule has 0 bridgehead atoms. The van der Waals surface area contributed by atoms with Gasteiger partial charge in [0, 0.05) is 23.9 Å². The molecule has 0 spiro atoms. The molecule has 1 aromatic carbocycles. The molecule has 4 nitrogen and oxygen atoms in total. The third-order valence-electron chi connectivity index (χ3n) is 3.79. The molecule has 5 heteroatoms. The number of likely N-dealkylation sites (N-methyl/N-ethyl adjacent to an activating group) is 1. The standard InChI is InChI=1S/C16H19ClN2O2/c1-5-18-15-9-14(17)12(6-7-19(20)21)8-13(15)11(2)10-16(18,3)4/h6-10H,5H2,1-4H3/b7-6+. The molecule has 0 aliphatic carbocycles. The molecule has 1 aromatic rings. The van der Waals surface area contributed by atoms with E-state index in [1.165, 1.54) is 6.08 Å². The van der Waals surface area contributed by atoms with Gasteiger partial charge < -0.3 is 4.90 Å². The van der Waals surface area contributed by atoms with Gasteiger partial charge in [-0.15, -0.1) is 0 Å². The van der Waals surface area contributed by atoms with Crippen LogP contribution in [0.25, 0.3) is 11.6 Å². The van der Waals surface area contributed by atoms with Crippen molar-refractivity contribution in [3.63, 3.8) is 0 Å². The second kappa shape index (κ2) is 5.53. The maximum absolute atomic E-state index is 10.5. The first-order valence-corrected chi connectivity index (χ1v) is 7.26. The van der Waals surface area contributed by atoms with Gasteiger partial charge in [-0.3, -0.25) is 10.1 Å². The van der Waals surface area contributed by atoms with Crippen LogP contribution in [0.5, 0.6) is 0 Å². The molecule has 0 saturated heterocycles. The van der Waals surface area contributed by atoms with Gasteiger partial charge in [-0.1, -0.05) is 17.7 Å². The molecular weight excluding hydrogens is 288 g/mol. The number of nitro groups is 1. The predicted octanol–water partition coefficient (Wildman–Crippen LogP) is 4.61. The van der Waals surface area contributed by atoms with E-state index >= 15 is 0 Å². The number of fused-ring (bicyclic) bond motifs is 1. The van der Waals surface area contributed by atoms with Crippen molar-refractivity contribution in [1.82, 2.24) is 0 Å². The van der Waals surface area contributed by atoms with Crippen LogP contribution in [0.1, 0.15) is 38.8 Å². The van der Waals surface area contributed by atoms with Crippen molar-refractivity contribution in [3.05, 3.63) is 50.7 Å². The van der Waals surface area contributed by atoms with Gasteiger partial charge in [0.2, 0.25) is 6.20 Å². The van der Waals surface area contributed by atoms with E-state index in [1.807, 2.05) is 12.1 Å². The first-order valence-electron chi connectivity index (χ1n) is 6.89. The van der Waals surface area contributed by atoms with Crippen molar-refractivity contribution in [2.75, 3.05) is 11.4 Å². The predicted molar refractivity (Wildman–Crippen MR) is 88.2 cm³/mol. The molecule has 0 atom stereocenters. The second-order valence-electron chi connectivity index (χ2n) is 5.72. The van der Waals surface area contributed by atoms with Crippen molar-refractivity contribution in [2.24, 2.45) is 0 Å². The smallest absolute Gasteiger partial charge is 0.235 e. The maximum Gasteiger partial charge on any atom is 0.235 e. The zero-order valence-electron chi connectivity index (χ0n) is 12.7. The fourth-order valence-electron chi connectivity index (χ4n) is 2.96. The number of hydrogen-bond acceptors (Lipinski definition) is 3. The summed E-state index contributed by atoms with van der Waals surface area (Å²) in [5, 5.41) is 11.0. The topological polar surface area (TPSA) is 46.4 Å². The highest BCUT2D eigenvalue weighted by molar-refractivity contribution is 6.32. The average molecular weight is 307 g/mol. The lowest BCUT2D eigenvalue weighted by molar-refractivity contribution is -0.400. The lowest BCUT2D eigenvalue weighted by Crippen LogP contribution is -2.44. The lowest BCUT2D eigenvalue weighted by Gasteiger charge is -2.43. The van der Waals surface area contributed by atoms with Crippen LogP contribution in [-0.2, 0) is 0 Å². The van der Waals surface area contributed by atoms with Crippen LogP contribution in [0.15, 0.2) is 24.4 Å². The van der Waals surface area contributed by atoms with Gasteiger partial charge in [0.1, 0.15) is 0 Å². The van der Waals surface area contributed by atoms with Crippen LogP contribution in [-0.4, -0.2) is 17.0 Å². The molecule has 0 unspecified atom stereocenters. The number of anilines is 1. The van der Waals surface area contributed by atoms with Crippen LogP contribution in [0.3, 0.4) is 0 Å². The Morgan fingerprint density at radius 3 is 2.67 bits per heavy atom. The summed E-state index contributed by atoms with van der Waals surface area (Å²) in [6, 6.07) is 3.82. The Hall–Kier alpha value is -1.81. The van der Waals surface area contributed by atoms with Gasteiger partial charge in [0.25, 0.3) is 0 Å². The molecule has 2 rings (SSSR count). The minimum absolute atomic E-state index is 0.0760. The maximum atomic E-state index is 10.5. The summed E-state index contributed by atoms with van der Waals surface area (Å²) in [6.07, 6.45) is 4.57. The molecular formula is C16H19ClN2O2. The molecule has 0 fully saturated rings. The van der Waals surface area contributed by atoms with Crippen LogP contribution >= 0.6 is 11.6 Å². The van der Waals surface area contributed by atoms with Gasteiger partial charge >= 0.3 is 0 Å². The summed E-state index contributed by atoms with van der Waals surface area (Å²) in [6.45, 7) is 9.36. The molecule has 0 N–H and O–H groups in total. The molecule has 0 saturated carbocycles. The number of nitrogens with zero attached hydrogens (tertiary/aromatic N) is 2. The molecule has 0 amide bonds. The molecule has 0 radical (unpaired) electrons. The molecule has 1 aliphatic heterocycles. The first kappa shape index (κ1) is 15.6. The number of halogens is 1. The minimum Gasteiger partial charge on any atom is -0.363 e. The highest BCUT2D eigenvalue weighted by atomic mass is 35.5. The fraction of sp³-hybridized carbons (Fsp3) is 0.375. The third kappa shape index (κ3) is 2.95. The first-order chi connectivity index (χ1) is 9.76. The Labute approximate surface area is 129 Å². The number of allylic oxidation sites excluding steroid dienone is 1. The summed E-state index contributed by atoms with van der Waals surface area (Å²) in [5.74, 6) is 0. The van der Waals surface area contributed by atoms with Gasteiger partial charge in [0.05, 0.1) is 15.5 Å². The zero-order valence-corrected chi connectivity index (χ0v) is 13.4. The quantitative estimate of drug-likeness (QED) is 0.605. The average Bonchev–Trinajstić information content (AvgIpc) is 2.36. The highest BCUT2D eigenvalue weighted by Crippen LogP contribution is 2.41.